The molecule has 0 aliphatic carbocycles. The lowest BCUT2D eigenvalue weighted by atomic mass is 9.77. The van der Waals surface area contributed by atoms with Crippen molar-refractivity contribution in [2.24, 2.45) is 5.41 Å². The highest BCUT2D eigenvalue weighted by Crippen LogP contribution is 2.39. The van der Waals surface area contributed by atoms with E-state index in [1.54, 1.807) is 0 Å². The zero-order chi connectivity index (χ0) is 22.7. The number of nitrogens with one attached hydrogen (secondary N) is 2. The van der Waals surface area contributed by atoms with E-state index in [-0.39, 0.29) is 11.3 Å². The quantitative estimate of drug-likeness (QED) is 0.671. The van der Waals surface area contributed by atoms with Crippen molar-refractivity contribution in [1.82, 2.24) is 20.2 Å². The molecule has 176 valence electrons. The van der Waals surface area contributed by atoms with Gasteiger partial charge >= 0.3 is 0 Å². The van der Waals surface area contributed by atoms with Gasteiger partial charge in [0, 0.05) is 43.6 Å². The van der Waals surface area contributed by atoms with Crippen LogP contribution in [-0.2, 0) is 4.79 Å². The van der Waals surface area contributed by atoms with E-state index in [1.165, 1.54) is 25.9 Å². The molecule has 3 saturated heterocycles. The van der Waals surface area contributed by atoms with Crippen LogP contribution in [0.4, 0.5) is 17.5 Å². The summed E-state index contributed by atoms with van der Waals surface area (Å²) < 4.78 is 5.90. The SMILES string of the molecule is Cc1cnc(Nc2ccc(OCCN3CCCC3)cc2)nc1N1CCC2(CCNC2=O)CC1. The Balaban J connectivity index is 1.17. The summed E-state index contributed by atoms with van der Waals surface area (Å²) in [6.45, 7) is 8.62. The van der Waals surface area contributed by atoms with E-state index < -0.39 is 0 Å². The fraction of sp³-hybridized carbons (Fsp3) is 0.560. The lowest BCUT2D eigenvalue weighted by Gasteiger charge is -2.38. The number of aryl methyl sites for hydroxylation is 1. The van der Waals surface area contributed by atoms with Gasteiger partial charge in [-0.1, -0.05) is 0 Å². The van der Waals surface area contributed by atoms with Crippen LogP contribution in [0.5, 0.6) is 5.75 Å². The standard InChI is InChI=1S/C25H34N6O2/c1-19-18-27-24(29-22(19)31-14-9-25(10-15-31)8-11-26-23(25)32)28-20-4-6-21(7-5-20)33-17-16-30-12-2-3-13-30/h4-7,18H,2-3,8-17H2,1H3,(H,26,32)(H,27,28,29). The van der Waals surface area contributed by atoms with E-state index >= 15 is 0 Å². The van der Waals surface area contributed by atoms with E-state index in [2.05, 4.69) is 25.4 Å². The molecule has 3 fully saturated rings. The summed E-state index contributed by atoms with van der Waals surface area (Å²) in [5.74, 6) is 2.63. The van der Waals surface area contributed by atoms with Crippen molar-refractivity contribution < 1.29 is 9.53 Å². The van der Waals surface area contributed by atoms with Gasteiger partial charge in [-0.2, -0.15) is 4.98 Å². The molecule has 0 unspecified atom stereocenters. The van der Waals surface area contributed by atoms with E-state index in [4.69, 9.17) is 9.72 Å². The number of nitrogens with zero attached hydrogens (tertiary/aromatic N) is 4. The van der Waals surface area contributed by atoms with Gasteiger partial charge in [0.1, 0.15) is 18.2 Å². The van der Waals surface area contributed by atoms with Gasteiger partial charge in [-0.25, -0.2) is 4.98 Å². The second kappa shape index (κ2) is 9.55. The number of benzene rings is 1. The number of hydrogen-bond acceptors (Lipinski definition) is 7. The van der Waals surface area contributed by atoms with Crippen molar-refractivity contribution >= 4 is 23.4 Å². The highest BCUT2D eigenvalue weighted by Gasteiger charge is 2.44. The van der Waals surface area contributed by atoms with Crippen LogP contribution in [0.15, 0.2) is 30.5 Å². The lowest BCUT2D eigenvalue weighted by Crippen LogP contribution is -2.44. The molecule has 3 aliphatic rings. The van der Waals surface area contributed by atoms with Crippen molar-refractivity contribution in [3.8, 4) is 5.75 Å². The van der Waals surface area contributed by atoms with Gasteiger partial charge < -0.3 is 20.3 Å². The largest absolute Gasteiger partial charge is 0.492 e. The smallest absolute Gasteiger partial charge is 0.229 e. The van der Waals surface area contributed by atoms with Crippen molar-refractivity contribution in [1.29, 1.82) is 0 Å². The monoisotopic (exact) mass is 450 g/mol. The van der Waals surface area contributed by atoms with Crippen molar-refractivity contribution in [3.63, 3.8) is 0 Å². The molecule has 2 aromatic rings. The molecule has 1 aromatic carbocycles. The molecule has 0 saturated carbocycles. The predicted octanol–water partition coefficient (Wildman–Crippen LogP) is 3.11. The van der Waals surface area contributed by atoms with Crippen LogP contribution >= 0.6 is 0 Å². The van der Waals surface area contributed by atoms with Crippen LogP contribution in [0, 0.1) is 12.3 Å². The molecule has 3 aliphatic heterocycles. The van der Waals surface area contributed by atoms with Crippen LogP contribution in [0.1, 0.15) is 37.7 Å². The minimum Gasteiger partial charge on any atom is -0.492 e. The lowest BCUT2D eigenvalue weighted by molar-refractivity contribution is -0.128. The Morgan fingerprint density at radius 3 is 2.55 bits per heavy atom. The number of carbonyl (C=O) groups is 1. The third-order valence-corrected chi connectivity index (χ3v) is 7.32. The zero-order valence-corrected chi connectivity index (χ0v) is 19.5. The van der Waals surface area contributed by atoms with Gasteiger partial charge in [0.05, 0.1) is 5.41 Å². The van der Waals surface area contributed by atoms with Crippen molar-refractivity contribution in [3.05, 3.63) is 36.0 Å². The Morgan fingerprint density at radius 1 is 1.09 bits per heavy atom. The molecule has 8 heteroatoms. The molecule has 0 bridgehead atoms. The molecular formula is C25H34N6O2. The molecule has 0 radical (unpaired) electrons. The Morgan fingerprint density at radius 2 is 1.85 bits per heavy atom. The maximum absolute atomic E-state index is 12.3. The number of hydrogen-bond donors (Lipinski definition) is 2. The Kier molecular flexibility index (Phi) is 6.35. The molecule has 1 spiro atoms. The molecule has 1 aromatic heterocycles. The summed E-state index contributed by atoms with van der Waals surface area (Å²) in [7, 11) is 0. The molecule has 1 amide bonds. The number of carbonyl (C=O) groups excluding carboxylic acids is 1. The number of piperidine rings is 1. The highest BCUT2D eigenvalue weighted by atomic mass is 16.5. The topological polar surface area (TPSA) is 82.6 Å². The van der Waals surface area contributed by atoms with Crippen LogP contribution in [0.3, 0.4) is 0 Å². The van der Waals surface area contributed by atoms with Gasteiger partial charge in [-0.3, -0.25) is 9.69 Å². The minimum atomic E-state index is -0.170. The number of ether oxygens (including phenoxy) is 1. The van der Waals surface area contributed by atoms with E-state index in [1.807, 2.05) is 37.4 Å². The first-order valence-electron chi connectivity index (χ1n) is 12.2. The molecule has 33 heavy (non-hydrogen) atoms. The summed E-state index contributed by atoms with van der Waals surface area (Å²) in [4.78, 5) is 26.3. The van der Waals surface area contributed by atoms with Crippen LogP contribution in [0.25, 0.3) is 0 Å². The maximum atomic E-state index is 12.3. The summed E-state index contributed by atoms with van der Waals surface area (Å²) >= 11 is 0. The minimum absolute atomic E-state index is 0.170. The van der Waals surface area contributed by atoms with Crippen molar-refractivity contribution in [2.75, 3.05) is 56.1 Å². The summed E-state index contributed by atoms with van der Waals surface area (Å²) in [6, 6.07) is 7.96. The summed E-state index contributed by atoms with van der Waals surface area (Å²) in [6.07, 6.45) is 7.19. The number of likely N-dealkylation sites (tertiary alicyclic amines) is 1. The Bertz CT molecular complexity index is 965. The molecule has 0 atom stereocenters. The zero-order valence-electron chi connectivity index (χ0n) is 19.5. The Hall–Kier alpha value is -2.87. The van der Waals surface area contributed by atoms with Crippen molar-refractivity contribution in [2.45, 2.75) is 39.0 Å². The van der Waals surface area contributed by atoms with Gasteiger partial charge in [0.15, 0.2) is 0 Å². The van der Waals surface area contributed by atoms with Crippen LogP contribution < -0.4 is 20.3 Å². The summed E-state index contributed by atoms with van der Waals surface area (Å²) in [5.41, 5.74) is 1.81. The summed E-state index contributed by atoms with van der Waals surface area (Å²) in [5, 5.41) is 6.32. The fourth-order valence-electron chi connectivity index (χ4n) is 5.22. The molecule has 5 rings (SSSR count). The number of anilines is 3. The molecular weight excluding hydrogens is 416 g/mol. The predicted molar refractivity (Wildman–Crippen MR) is 129 cm³/mol. The average molecular weight is 451 g/mol. The molecule has 8 nitrogen and oxygen atoms in total. The third-order valence-electron chi connectivity index (χ3n) is 7.32. The van der Waals surface area contributed by atoms with Crippen LogP contribution in [0.2, 0.25) is 0 Å². The van der Waals surface area contributed by atoms with Gasteiger partial charge in [-0.05, 0) is 76.4 Å². The van der Waals surface area contributed by atoms with Gasteiger partial charge in [-0.15, -0.1) is 0 Å². The highest BCUT2D eigenvalue weighted by molar-refractivity contribution is 5.85. The van der Waals surface area contributed by atoms with Gasteiger partial charge in [0.2, 0.25) is 11.9 Å². The first-order chi connectivity index (χ1) is 16.1. The second-order valence-corrected chi connectivity index (χ2v) is 9.52. The van der Waals surface area contributed by atoms with Crippen LogP contribution in [-0.4, -0.2) is 66.7 Å². The number of amides is 1. The number of aromatic nitrogens is 2. The van der Waals surface area contributed by atoms with Gasteiger partial charge in [0.25, 0.3) is 0 Å². The Labute approximate surface area is 195 Å². The van der Waals surface area contributed by atoms with E-state index in [9.17, 15) is 4.79 Å². The first kappa shape index (κ1) is 21.9. The van der Waals surface area contributed by atoms with E-state index in [0.717, 1.165) is 74.9 Å². The fourth-order valence-corrected chi connectivity index (χ4v) is 5.22. The van der Waals surface area contributed by atoms with E-state index in [0.29, 0.717) is 5.95 Å². The molecule has 2 N–H and O–H groups in total. The normalized spacial score (nSPS) is 20.3. The second-order valence-electron chi connectivity index (χ2n) is 9.52. The molecule has 4 heterocycles. The average Bonchev–Trinajstić information content (AvgIpc) is 3.47. The first-order valence-corrected chi connectivity index (χ1v) is 12.2. The third kappa shape index (κ3) is 4.90. The maximum Gasteiger partial charge on any atom is 0.229 e. The number of rotatable bonds is 7.